The van der Waals surface area contributed by atoms with Crippen molar-refractivity contribution in [1.29, 1.82) is 0 Å². The van der Waals surface area contributed by atoms with E-state index in [0.717, 1.165) is 12.1 Å². The second-order valence-electron chi connectivity index (χ2n) is 3.46. The summed E-state index contributed by atoms with van der Waals surface area (Å²) in [6, 6.07) is 6.10. The van der Waals surface area contributed by atoms with Gasteiger partial charge in [0.1, 0.15) is 23.0 Å². The summed E-state index contributed by atoms with van der Waals surface area (Å²) in [5.41, 5.74) is -0.152. The van der Waals surface area contributed by atoms with E-state index in [2.05, 4.69) is 10.3 Å². The lowest BCUT2D eigenvalue weighted by Gasteiger charge is -2.08. The number of nitrogens with one attached hydrogen (secondary N) is 1. The van der Waals surface area contributed by atoms with Gasteiger partial charge >= 0.3 is 5.97 Å². The van der Waals surface area contributed by atoms with Crippen LogP contribution in [0.5, 0.6) is 0 Å². The molecule has 0 radical (unpaired) electrons. The third-order valence-electron chi connectivity index (χ3n) is 2.21. The summed E-state index contributed by atoms with van der Waals surface area (Å²) >= 11 is 0. The van der Waals surface area contributed by atoms with Crippen molar-refractivity contribution in [2.24, 2.45) is 0 Å². The van der Waals surface area contributed by atoms with Crippen molar-refractivity contribution in [3.63, 3.8) is 0 Å². The standard InChI is InChI=1S/C12H8F2N2O2/c13-8-2-1-3-9(14)11(8)16-7-4-5-10(12(17)18)15-6-7/h1-6,16H,(H,17,18). The number of hydrogen-bond acceptors (Lipinski definition) is 3. The number of anilines is 2. The van der Waals surface area contributed by atoms with Gasteiger partial charge in [0.2, 0.25) is 0 Å². The molecule has 1 heterocycles. The fraction of sp³-hybridized carbons (Fsp3) is 0. The first kappa shape index (κ1) is 12.0. The van der Waals surface area contributed by atoms with Crippen LogP contribution in [0.15, 0.2) is 36.5 Å². The first-order valence-electron chi connectivity index (χ1n) is 4.98. The molecule has 0 aliphatic rings. The molecule has 1 aromatic carbocycles. The van der Waals surface area contributed by atoms with Crippen molar-refractivity contribution in [3.8, 4) is 0 Å². The molecule has 2 aromatic rings. The van der Waals surface area contributed by atoms with Crippen LogP contribution < -0.4 is 5.32 Å². The van der Waals surface area contributed by atoms with Crippen molar-refractivity contribution in [1.82, 2.24) is 4.98 Å². The van der Waals surface area contributed by atoms with Gasteiger partial charge in [-0.15, -0.1) is 0 Å². The number of benzene rings is 1. The maximum absolute atomic E-state index is 13.3. The summed E-state index contributed by atoms with van der Waals surface area (Å²) in [6.07, 6.45) is 1.19. The van der Waals surface area contributed by atoms with E-state index < -0.39 is 17.6 Å². The summed E-state index contributed by atoms with van der Waals surface area (Å²) in [4.78, 5) is 14.2. The highest BCUT2D eigenvalue weighted by molar-refractivity contribution is 5.85. The average Bonchev–Trinajstić information content (AvgIpc) is 2.34. The third kappa shape index (κ3) is 2.42. The maximum Gasteiger partial charge on any atom is 0.354 e. The zero-order valence-electron chi connectivity index (χ0n) is 9.02. The van der Waals surface area contributed by atoms with Crippen LogP contribution in [0.1, 0.15) is 10.5 Å². The molecular formula is C12H8F2N2O2. The third-order valence-corrected chi connectivity index (χ3v) is 2.21. The average molecular weight is 250 g/mol. The molecule has 0 fully saturated rings. The SMILES string of the molecule is O=C(O)c1ccc(Nc2c(F)cccc2F)cn1. The molecule has 0 aliphatic heterocycles. The van der Waals surface area contributed by atoms with Crippen molar-refractivity contribution in [3.05, 3.63) is 53.9 Å². The Morgan fingerprint density at radius 2 is 1.83 bits per heavy atom. The Bertz CT molecular complexity index is 565. The van der Waals surface area contributed by atoms with Crippen LogP contribution in [-0.4, -0.2) is 16.1 Å². The van der Waals surface area contributed by atoms with Crippen molar-refractivity contribution >= 4 is 17.3 Å². The molecule has 6 heteroatoms. The van der Waals surface area contributed by atoms with Crippen molar-refractivity contribution in [2.75, 3.05) is 5.32 Å². The molecular weight excluding hydrogens is 242 g/mol. The number of halogens is 2. The van der Waals surface area contributed by atoms with Crippen LogP contribution >= 0.6 is 0 Å². The van der Waals surface area contributed by atoms with E-state index in [1.807, 2.05) is 0 Å². The highest BCUT2D eigenvalue weighted by Crippen LogP contribution is 2.22. The maximum atomic E-state index is 13.3. The molecule has 0 saturated carbocycles. The quantitative estimate of drug-likeness (QED) is 0.879. The van der Waals surface area contributed by atoms with E-state index >= 15 is 0 Å². The molecule has 0 spiro atoms. The van der Waals surface area contributed by atoms with Crippen LogP contribution in [0.2, 0.25) is 0 Å². The first-order chi connectivity index (χ1) is 8.58. The van der Waals surface area contributed by atoms with Gasteiger partial charge in [-0.25, -0.2) is 18.6 Å². The lowest BCUT2D eigenvalue weighted by atomic mass is 10.2. The fourth-order valence-electron chi connectivity index (χ4n) is 1.36. The molecule has 0 atom stereocenters. The zero-order valence-corrected chi connectivity index (χ0v) is 9.02. The van der Waals surface area contributed by atoms with Gasteiger partial charge in [0.15, 0.2) is 0 Å². The molecule has 92 valence electrons. The van der Waals surface area contributed by atoms with Gasteiger partial charge in [-0.05, 0) is 24.3 Å². The smallest absolute Gasteiger partial charge is 0.354 e. The fourth-order valence-corrected chi connectivity index (χ4v) is 1.36. The van der Waals surface area contributed by atoms with E-state index in [1.165, 1.54) is 24.4 Å². The van der Waals surface area contributed by atoms with E-state index in [0.29, 0.717) is 5.69 Å². The number of pyridine rings is 1. The summed E-state index contributed by atoms with van der Waals surface area (Å²) in [5, 5.41) is 11.2. The van der Waals surface area contributed by atoms with Gasteiger partial charge in [0, 0.05) is 0 Å². The molecule has 0 amide bonds. The van der Waals surface area contributed by atoms with Gasteiger partial charge in [-0.1, -0.05) is 6.07 Å². The Balaban J connectivity index is 2.26. The predicted octanol–water partition coefficient (Wildman–Crippen LogP) is 2.80. The van der Waals surface area contributed by atoms with Gasteiger partial charge in [0.05, 0.1) is 11.9 Å². The number of aromatic carboxylic acids is 1. The van der Waals surface area contributed by atoms with E-state index in [1.54, 1.807) is 0 Å². The zero-order chi connectivity index (χ0) is 13.1. The molecule has 0 unspecified atom stereocenters. The summed E-state index contributed by atoms with van der Waals surface area (Å²) in [5.74, 6) is -2.65. The van der Waals surface area contributed by atoms with E-state index in [9.17, 15) is 13.6 Å². The molecule has 18 heavy (non-hydrogen) atoms. The number of carboxylic acid groups (broad SMARTS) is 1. The molecule has 2 rings (SSSR count). The molecule has 0 bridgehead atoms. The Morgan fingerprint density at radius 3 is 2.33 bits per heavy atom. The predicted molar refractivity (Wildman–Crippen MR) is 60.8 cm³/mol. The van der Waals surface area contributed by atoms with E-state index in [-0.39, 0.29) is 11.4 Å². The summed E-state index contributed by atoms with van der Waals surface area (Å²) in [7, 11) is 0. The Labute approximate surface area is 101 Å². The first-order valence-corrected chi connectivity index (χ1v) is 4.98. The molecule has 0 saturated heterocycles. The minimum absolute atomic E-state index is 0.144. The highest BCUT2D eigenvalue weighted by Gasteiger charge is 2.09. The largest absolute Gasteiger partial charge is 0.477 e. The van der Waals surface area contributed by atoms with Gasteiger partial charge < -0.3 is 10.4 Å². The van der Waals surface area contributed by atoms with Crippen LogP contribution in [0, 0.1) is 11.6 Å². The number of carbonyl (C=O) groups is 1. The second-order valence-corrected chi connectivity index (χ2v) is 3.46. The van der Waals surface area contributed by atoms with Crippen LogP contribution in [0.3, 0.4) is 0 Å². The Kier molecular flexibility index (Phi) is 3.18. The van der Waals surface area contributed by atoms with Crippen LogP contribution in [0.25, 0.3) is 0 Å². The summed E-state index contributed by atoms with van der Waals surface area (Å²) in [6.45, 7) is 0. The molecule has 1 aromatic heterocycles. The molecule has 2 N–H and O–H groups in total. The topological polar surface area (TPSA) is 62.2 Å². The minimum Gasteiger partial charge on any atom is -0.477 e. The van der Waals surface area contributed by atoms with E-state index in [4.69, 9.17) is 5.11 Å². The number of nitrogens with zero attached hydrogens (tertiary/aromatic N) is 1. The number of aromatic nitrogens is 1. The van der Waals surface area contributed by atoms with Gasteiger partial charge in [-0.3, -0.25) is 0 Å². The number of rotatable bonds is 3. The van der Waals surface area contributed by atoms with Crippen LogP contribution in [-0.2, 0) is 0 Å². The van der Waals surface area contributed by atoms with Gasteiger partial charge in [-0.2, -0.15) is 0 Å². The monoisotopic (exact) mass is 250 g/mol. The highest BCUT2D eigenvalue weighted by atomic mass is 19.1. The lowest BCUT2D eigenvalue weighted by Crippen LogP contribution is -2.02. The van der Waals surface area contributed by atoms with Crippen molar-refractivity contribution < 1.29 is 18.7 Å². The Morgan fingerprint density at radius 1 is 1.17 bits per heavy atom. The Hall–Kier alpha value is -2.50. The van der Waals surface area contributed by atoms with Crippen molar-refractivity contribution in [2.45, 2.75) is 0 Å². The summed E-state index contributed by atoms with van der Waals surface area (Å²) < 4.78 is 26.7. The normalized spacial score (nSPS) is 10.1. The molecule has 4 nitrogen and oxygen atoms in total. The lowest BCUT2D eigenvalue weighted by molar-refractivity contribution is 0.0690. The van der Waals surface area contributed by atoms with Gasteiger partial charge in [0.25, 0.3) is 0 Å². The number of carboxylic acids is 1. The van der Waals surface area contributed by atoms with Crippen LogP contribution in [0.4, 0.5) is 20.2 Å². The second kappa shape index (κ2) is 4.79. The number of hydrogen-bond donors (Lipinski definition) is 2. The minimum atomic E-state index is -1.17. The number of para-hydroxylation sites is 1. The molecule has 0 aliphatic carbocycles.